The molecule has 2 aromatic rings. The lowest BCUT2D eigenvalue weighted by Crippen LogP contribution is -2.08. The van der Waals surface area contributed by atoms with E-state index in [2.05, 4.69) is 4.98 Å². The fourth-order valence-electron chi connectivity index (χ4n) is 2.06. The van der Waals surface area contributed by atoms with Crippen LogP contribution in [0.3, 0.4) is 0 Å². The second-order valence-electron chi connectivity index (χ2n) is 4.39. The molecule has 1 N–H and O–H groups in total. The van der Waals surface area contributed by atoms with Gasteiger partial charge in [0.05, 0.1) is 24.1 Å². The zero-order chi connectivity index (χ0) is 15.6. The molecule has 0 saturated carbocycles. The highest BCUT2D eigenvalue weighted by Gasteiger charge is 2.22. The zero-order valence-corrected chi connectivity index (χ0v) is 11.4. The minimum Gasteiger partial charge on any atom is -0.497 e. The van der Waals surface area contributed by atoms with Gasteiger partial charge >= 0.3 is 5.97 Å². The molecule has 21 heavy (non-hydrogen) atoms. The quantitative estimate of drug-likeness (QED) is 0.933. The van der Waals surface area contributed by atoms with Crippen molar-refractivity contribution < 1.29 is 23.4 Å². The summed E-state index contributed by atoms with van der Waals surface area (Å²) in [6, 6.07) is 7.83. The number of halogens is 2. The highest BCUT2D eigenvalue weighted by atomic mass is 19.3. The number of aromatic nitrogens is 1. The molecule has 0 fully saturated rings. The Hall–Kier alpha value is -2.50. The van der Waals surface area contributed by atoms with E-state index in [4.69, 9.17) is 9.84 Å². The fourth-order valence-corrected chi connectivity index (χ4v) is 2.06. The van der Waals surface area contributed by atoms with Crippen LogP contribution in [0.5, 0.6) is 5.75 Å². The average molecular weight is 293 g/mol. The Labute approximate surface area is 120 Å². The second kappa shape index (κ2) is 5.87. The van der Waals surface area contributed by atoms with Crippen molar-refractivity contribution in [3.05, 3.63) is 47.2 Å². The van der Waals surface area contributed by atoms with Crippen molar-refractivity contribution in [3.8, 4) is 17.0 Å². The molecule has 0 radical (unpaired) electrons. The first-order valence-corrected chi connectivity index (χ1v) is 6.11. The minimum absolute atomic E-state index is 0.0612. The molecule has 1 heterocycles. The number of aromatic carboxylic acids is 1. The van der Waals surface area contributed by atoms with Gasteiger partial charge in [0.25, 0.3) is 6.43 Å². The molecule has 0 saturated heterocycles. The standard InChI is InChI=1S/C15H13F2NO3/c1-8-13(15(19)20)11(14(16)17)7-12(18-8)9-3-5-10(21-2)6-4-9/h3-7,14H,1-2H3,(H,19,20). The van der Waals surface area contributed by atoms with Crippen molar-refractivity contribution in [2.45, 2.75) is 13.3 Å². The van der Waals surface area contributed by atoms with Crippen molar-refractivity contribution >= 4 is 5.97 Å². The van der Waals surface area contributed by atoms with Crippen molar-refractivity contribution in [2.75, 3.05) is 7.11 Å². The van der Waals surface area contributed by atoms with Crippen LogP contribution in [-0.4, -0.2) is 23.2 Å². The van der Waals surface area contributed by atoms with Gasteiger partial charge in [0, 0.05) is 11.1 Å². The van der Waals surface area contributed by atoms with Crippen molar-refractivity contribution in [3.63, 3.8) is 0 Å². The Morgan fingerprint density at radius 2 is 1.90 bits per heavy atom. The Bertz CT molecular complexity index is 669. The van der Waals surface area contributed by atoms with Gasteiger partial charge in [-0.05, 0) is 37.3 Å². The number of hydrogen-bond donors (Lipinski definition) is 1. The number of hydrogen-bond acceptors (Lipinski definition) is 3. The van der Waals surface area contributed by atoms with Gasteiger partial charge in [0.1, 0.15) is 5.75 Å². The first-order valence-electron chi connectivity index (χ1n) is 6.11. The van der Waals surface area contributed by atoms with Gasteiger partial charge in [-0.15, -0.1) is 0 Å². The third-order valence-electron chi connectivity index (χ3n) is 3.07. The molecule has 0 amide bonds. The van der Waals surface area contributed by atoms with Crippen LogP contribution in [0.2, 0.25) is 0 Å². The summed E-state index contributed by atoms with van der Waals surface area (Å²) in [6.45, 7) is 1.41. The lowest BCUT2D eigenvalue weighted by molar-refractivity contribution is 0.0683. The van der Waals surface area contributed by atoms with E-state index in [0.717, 1.165) is 6.07 Å². The molecule has 6 heteroatoms. The maximum Gasteiger partial charge on any atom is 0.338 e. The van der Waals surface area contributed by atoms with Crippen LogP contribution < -0.4 is 4.74 Å². The first-order chi connectivity index (χ1) is 9.93. The molecular formula is C15H13F2NO3. The summed E-state index contributed by atoms with van der Waals surface area (Å²) in [5.41, 5.74) is 0.00221. The molecule has 0 unspecified atom stereocenters. The van der Waals surface area contributed by atoms with E-state index in [1.807, 2.05) is 0 Å². The number of pyridine rings is 1. The largest absolute Gasteiger partial charge is 0.497 e. The molecule has 0 aliphatic carbocycles. The predicted octanol–water partition coefficient (Wildman–Crippen LogP) is 3.70. The summed E-state index contributed by atoms with van der Waals surface area (Å²) in [4.78, 5) is 15.2. The van der Waals surface area contributed by atoms with Crippen molar-refractivity contribution in [1.29, 1.82) is 0 Å². The first kappa shape index (κ1) is 14.9. The Balaban J connectivity index is 2.57. The molecule has 2 rings (SSSR count). The average Bonchev–Trinajstić information content (AvgIpc) is 2.46. The van der Waals surface area contributed by atoms with Gasteiger partial charge in [-0.2, -0.15) is 0 Å². The molecule has 110 valence electrons. The number of carbonyl (C=O) groups is 1. The van der Waals surface area contributed by atoms with Crippen molar-refractivity contribution in [2.24, 2.45) is 0 Å². The molecule has 0 spiro atoms. The van der Waals surface area contributed by atoms with Crippen LogP contribution in [0.25, 0.3) is 11.3 Å². The monoisotopic (exact) mass is 293 g/mol. The number of methoxy groups -OCH3 is 1. The summed E-state index contributed by atoms with van der Waals surface area (Å²) in [5.74, 6) is -0.775. The molecule has 1 aromatic carbocycles. The SMILES string of the molecule is COc1ccc(-c2cc(C(F)F)c(C(=O)O)c(C)n2)cc1. The molecule has 0 bridgehead atoms. The number of alkyl halides is 2. The second-order valence-corrected chi connectivity index (χ2v) is 4.39. The van der Waals surface area contributed by atoms with Gasteiger partial charge in [-0.25, -0.2) is 13.6 Å². The van der Waals surface area contributed by atoms with Crippen LogP contribution in [0.15, 0.2) is 30.3 Å². The molecule has 4 nitrogen and oxygen atoms in total. The Morgan fingerprint density at radius 3 is 2.38 bits per heavy atom. The highest BCUT2D eigenvalue weighted by molar-refractivity contribution is 5.91. The number of ether oxygens (including phenoxy) is 1. The molecule has 0 aliphatic heterocycles. The molecular weight excluding hydrogens is 280 g/mol. The van der Waals surface area contributed by atoms with Crippen LogP contribution in [-0.2, 0) is 0 Å². The third-order valence-corrected chi connectivity index (χ3v) is 3.07. The Morgan fingerprint density at radius 1 is 1.29 bits per heavy atom. The maximum atomic E-state index is 13.1. The van der Waals surface area contributed by atoms with E-state index in [1.54, 1.807) is 24.3 Å². The number of benzene rings is 1. The fraction of sp³-hybridized carbons (Fsp3) is 0.200. The molecule has 0 aliphatic rings. The number of nitrogens with zero attached hydrogens (tertiary/aromatic N) is 1. The van der Waals surface area contributed by atoms with E-state index in [1.165, 1.54) is 14.0 Å². The summed E-state index contributed by atoms with van der Waals surface area (Å²) < 4.78 is 31.2. The van der Waals surface area contributed by atoms with Crippen molar-refractivity contribution in [1.82, 2.24) is 4.98 Å². The number of rotatable bonds is 4. The van der Waals surface area contributed by atoms with Crippen LogP contribution >= 0.6 is 0 Å². The van der Waals surface area contributed by atoms with Gasteiger partial charge in [-0.3, -0.25) is 4.98 Å². The van der Waals surface area contributed by atoms with Crippen LogP contribution in [0.1, 0.15) is 28.0 Å². The lowest BCUT2D eigenvalue weighted by atomic mass is 10.0. The summed E-state index contributed by atoms with van der Waals surface area (Å²) in [5, 5.41) is 9.04. The number of carboxylic acid groups (broad SMARTS) is 1. The molecule has 1 aromatic heterocycles. The van der Waals surface area contributed by atoms with E-state index in [-0.39, 0.29) is 5.69 Å². The number of aryl methyl sites for hydroxylation is 1. The summed E-state index contributed by atoms with van der Waals surface area (Å²) in [7, 11) is 1.52. The van der Waals surface area contributed by atoms with Gasteiger partial charge < -0.3 is 9.84 Å². The van der Waals surface area contributed by atoms with E-state index in [9.17, 15) is 13.6 Å². The smallest absolute Gasteiger partial charge is 0.338 e. The minimum atomic E-state index is -2.88. The lowest BCUT2D eigenvalue weighted by Gasteiger charge is -2.11. The third kappa shape index (κ3) is 2.99. The van der Waals surface area contributed by atoms with E-state index < -0.39 is 23.5 Å². The normalized spacial score (nSPS) is 10.7. The van der Waals surface area contributed by atoms with Gasteiger partial charge in [0.2, 0.25) is 0 Å². The number of carboxylic acids is 1. The Kier molecular flexibility index (Phi) is 4.16. The van der Waals surface area contributed by atoms with Gasteiger partial charge in [-0.1, -0.05) is 0 Å². The summed E-state index contributed by atoms with van der Waals surface area (Å²) >= 11 is 0. The van der Waals surface area contributed by atoms with Gasteiger partial charge in [0.15, 0.2) is 0 Å². The van der Waals surface area contributed by atoms with E-state index >= 15 is 0 Å². The summed E-state index contributed by atoms with van der Waals surface area (Å²) in [6.07, 6.45) is -2.88. The topological polar surface area (TPSA) is 59.4 Å². The molecule has 0 atom stereocenters. The highest BCUT2D eigenvalue weighted by Crippen LogP contribution is 2.30. The van der Waals surface area contributed by atoms with E-state index in [0.29, 0.717) is 17.0 Å². The zero-order valence-electron chi connectivity index (χ0n) is 11.4. The predicted molar refractivity (Wildman–Crippen MR) is 72.9 cm³/mol. The maximum absolute atomic E-state index is 13.1. The van der Waals surface area contributed by atoms with Crippen LogP contribution in [0.4, 0.5) is 8.78 Å². The van der Waals surface area contributed by atoms with Crippen LogP contribution in [0, 0.1) is 6.92 Å².